The van der Waals surface area contributed by atoms with Gasteiger partial charge in [0.15, 0.2) is 0 Å². The largest absolute Gasteiger partial charge is 0.316 e. The molecule has 0 rings (SSSR count). The number of rotatable bonds is 2. The maximum atomic E-state index is 5.24. The van der Waals surface area contributed by atoms with Crippen LogP contribution in [0.3, 0.4) is 0 Å². The number of nitrogens with two attached hydrogens (primary N) is 1. The average molecular weight is 106 g/mol. The summed E-state index contributed by atoms with van der Waals surface area (Å²) in [6.07, 6.45) is 0.0718. The summed E-state index contributed by atoms with van der Waals surface area (Å²) in [5, 5.41) is 2.85. The van der Waals surface area contributed by atoms with Gasteiger partial charge in [-0.15, -0.1) is 0 Å². The molecule has 3 N–H and O–H groups in total. The monoisotopic (exact) mass is 106 g/mol. The summed E-state index contributed by atoms with van der Waals surface area (Å²) in [6.45, 7) is 1.87. The summed E-state index contributed by atoms with van der Waals surface area (Å²) >= 11 is 3.87. The van der Waals surface area contributed by atoms with Gasteiger partial charge in [0.25, 0.3) is 0 Å². The van der Waals surface area contributed by atoms with Crippen LogP contribution in [0.1, 0.15) is 6.92 Å². The maximum absolute atomic E-state index is 5.24. The first-order chi connectivity index (χ1) is 2.77. The summed E-state index contributed by atoms with van der Waals surface area (Å²) in [5.74, 6) is 0.650. The molecule has 3 heteroatoms. The summed E-state index contributed by atoms with van der Waals surface area (Å²) in [4.78, 5) is 0. The number of hydrogen-bond donors (Lipinski definition) is 3. The Morgan fingerprint density at radius 2 is 2.50 bits per heavy atom. The molecule has 0 saturated heterocycles. The van der Waals surface area contributed by atoms with Gasteiger partial charge in [0.2, 0.25) is 0 Å². The molecule has 1 atom stereocenters. The molecule has 0 unspecified atom stereocenters. The van der Waals surface area contributed by atoms with E-state index >= 15 is 0 Å². The zero-order chi connectivity index (χ0) is 4.99. The molecule has 0 radical (unpaired) electrons. The van der Waals surface area contributed by atoms with Crippen LogP contribution in [0.2, 0.25) is 0 Å². The molecule has 0 spiro atoms. The van der Waals surface area contributed by atoms with Gasteiger partial charge in [0.1, 0.15) is 0 Å². The Morgan fingerprint density at radius 1 is 2.00 bits per heavy atom. The highest BCUT2D eigenvalue weighted by molar-refractivity contribution is 7.80. The van der Waals surface area contributed by atoms with Gasteiger partial charge in [-0.25, -0.2) is 0 Å². The molecule has 0 aliphatic heterocycles. The van der Waals surface area contributed by atoms with Crippen molar-refractivity contribution in [2.75, 3.05) is 5.88 Å². The lowest BCUT2D eigenvalue weighted by molar-refractivity contribution is 0.628. The molecule has 0 heterocycles. The lowest BCUT2D eigenvalue weighted by Crippen LogP contribution is -2.32. The van der Waals surface area contributed by atoms with E-state index < -0.39 is 0 Å². The minimum absolute atomic E-state index is 0.0718. The Kier molecular flexibility index (Phi) is 3.62. The van der Waals surface area contributed by atoms with E-state index in [-0.39, 0.29) is 6.17 Å². The van der Waals surface area contributed by atoms with Gasteiger partial charge in [-0.2, -0.15) is 12.6 Å². The summed E-state index contributed by atoms with van der Waals surface area (Å²) < 4.78 is 0. The van der Waals surface area contributed by atoms with E-state index in [4.69, 9.17) is 5.73 Å². The molecule has 0 bridgehead atoms. The second kappa shape index (κ2) is 3.46. The molecule has 0 amide bonds. The minimum atomic E-state index is 0.0718. The van der Waals surface area contributed by atoms with Crippen LogP contribution >= 0.6 is 12.6 Å². The van der Waals surface area contributed by atoms with Crippen molar-refractivity contribution in [3.05, 3.63) is 0 Å². The Balaban J connectivity index is 2.63. The molecule has 0 aromatic carbocycles. The zero-order valence-corrected chi connectivity index (χ0v) is 4.70. The van der Waals surface area contributed by atoms with Gasteiger partial charge < -0.3 is 5.73 Å². The third-order valence-corrected chi connectivity index (χ3v) is 0.596. The molecule has 2 nitrogen and oxygen atoms in total. The van der Waals surface area contributed by atoms with E-state index in [1.165, 1.54) is 0 Å². The van der Waals surface area contributed by atoms with Crippen molar-refractivity contribution < 1.29 is 0 Å². The van der Waals surface area contributed by atoms with Gasteiger partial charge in [-0.3, -0.25) is 5.32 Å². The van der Waals surface area contributed by atoms with E-state index in [0.717, 1.165) is 0 Å². The van der Waals surface area contributed by atoms with Crippen molar-refractivity contribution in [2.45, 2.75) is 13.1 Å². The van der Waals surface area contributed by atoms with E-state index in [0.29, 0.717) is 5.88 Å². The highest BCUT2D eigenvalue weighted by atomic mass is 32.1. The van der Waals surface area contributed by atoms with Crippen molar-refractivity contribution in [1.82, 2.24) is 5.32 Å². The van der Waals surface area contributed by atoms with E-state index in [1.54, 1.807) is 0 Å². The third kappa shape index (κ3) is 4.27. The van der Waals surface area contributed by atoms with Crippen molar-refractivity contribution in [3.63, 3.8) is 0 Å². The SMILES string of the molecule is C[C@@H](N)NCS. The molecule has 0 saturated carbocycles. The van der Waals surface area contributed by atoms with Crippen LogP contribution in [0, 0.1) is 0 Å². The maximum Gasteiger partial charge on any atom is 0.0523 e. The van der Waals surface area contributed by atoms with Crippen LogP contribution in [-0.2, 0) is 0 Å². The average Bonchev–Trinajstić information content (AvgIpc) is 1.35. The summed E-state index contributed by atoms with van der Waals surface area (Å²) in [6, 6.07) is 0. The standard InChI is InChI=1S/C3H10N2S/c1-3(4)5-2-6/h3,5-6H,2,4H2,1H3/t3-/m0/s1. The fourth-order valence-electron chi connectivity index (χ4n) is 0.144. The number of hydrogen-bond acceptors (Lipinski definition) is 3. The minimum Gasteiger partial charge on any atom is -0.316 e. The molecule has 0 fully saturated rings. The van der Waals surface area contributed by atoms with Crippen LogP contribution in [0.4, 0.5) is 0 Å². The molecule has 0 aromatic heterocycles. The fourth-order valence-corrected chi connectivity index (χ4v) is 0.432. The molecular formula is C3H10N2S. The Morgan fingerprint density at radius 3 is 2.50 bits per heavy atom. The van der Waals surface area contributed by atoms with E-state index in [1.807, 2.05) is 6.92 Å². The van der Waals surface area contributed by atoms with Crippen molar-refractivity contribution in [1.29, 1.82) is 0 Å². The normalized spacial score (nSPS) is 14.5. The predicted molar refractivity (Wildman–Crippen MR) is 30.6 cm³/mol. The highest BCUT2D eigenvalue weighted by Gasteiger charge is 1.82. The van der Waals surface area contributed by atoms with E-state index in [9.17, 15) is 0 Å². The second-order valence-electron chi connectivity index (χ2n) is 1.15. The first kappa shape index (κ1) is 6.27. The van der Waals surface area contributed by atoms with Crippen molar-refractivity contribution >= 4 is 12.6 Å². The third-order valence-electron chi connectivity index (χ3n) is 0.413. The van der Waals surface area contributed by atoms with Gasteiger partial charge in [-0.1, -0.05) is 0 Å². The number of thiol groups is 1. The lowest BCUT2D eigenvalue weighted by atomic mass is 10.6. The van der Waals surface area contributed by atoms with Crippen LogP contribution in [0.15, 0.2) is 0 Å². The van der Waals surface area contributed by atoms with Crippen LogP contribution in [0.25, 0.3) is 0 Å². The first-order valence-corrected chi connectivity index (χ1v) is 2.50. The first-order valence-electron chi connectivity index (χ1n) is 1.87. The molecular weight excluding hydrogens is 96.1 g/mol. The van der Waals surface area contributed by atoms with Crippen molar-refractivity contribution in [3.8, 4) is 0 Å². The lowest BCUT2D eigenvalue weighted by Gasteiger charge is -2.00. The summed E-state index contributed by atoms with van der Waals surface area (Å²) in [5.41, 5.74) is 5.24. The van der Waals surface area contributed by atoms with Crippen molar-refractivity contribution in [2.24, 2.45) is 5.73 Å². The highest BCUT2D eigenvalue weighted by Crippen LogP contribution is 1.66. The Labute approximate surface area is 43.5 Å². The van der Waals surface area contributed by atoms with Crippen LogP contribution in [0.5, 0.6) is 0 Å². The van der Waals surface area contributed by atoms with Crippen LogP contribution in [-0.4, -0.2) is 12.0 Å². The summed E-state index contributed by atoms with van der Waals surface area (Å²) in [7, 11) is 0. The zero-order valence-electron chi connectivity index (χ0n) is 3.81. The second-order valence-corrected chi connectivity index (χ2v) is 1.47. The molecule has 0 aliphatic rings. The van der Waals surface area contributed by atoms with E-state index in [2.05, 4.69) is 17.9 Å². The van der Waals surface area contributed by atoms with Gasteiger partial charge in [-0.05, 0) is 6.92 Å². The Hall–Kier alpha value is 0.270. The fraction of sp³-hybridized carbons (Fsp3) is 1.00. The Bertz CT molecular complexity index is 30.0. The smallest absolute Gasteiger partial charge is 0.0523 e. The quantitative estimate of drug-likeness (QED) is 0.336. The molecule has 38 valence electrons. The predicted octanol–water partition coefficient (Wildman–Crippen LogP) is -0.232. The molecule has 6 heavy (non-hydrogen) atoms. The van der Waals surface area contributed by atoms with Gasteiger partial charge in [0.05, 0.1) is 6.17 Å². The molecule has 0 aliphatic carbocycles. The number of nitrogens with one attached hydrogen (secondary N) is 1. The molecule has 0 aromatic rings. The topological polar surface area (TPSA) is 38.0 Å². The van der Waals surface area contributed by atoms with Crippen LogP contribution < -0.4 is 11.1 Å². The van der Waals surface area contributed by atoms with Gasteiger partial charge >= 0.3 is 0 Å². The van der Waals surface area contributed by atoms with Gasteiger partial charge in [0, 0.05) is 5.88 Å².